The van der Waals surface area contributed by atoms with Crippen LogP contribution < -0.4 is 0 Å². The molecule has 3 rings (SSSR count). The lowest BCUT2D eigenvalue weighted by atomic mass is 9.81. The van der Waals surface area contributed by atoms with Crippen LogP contribution in [0.3, 0.4) is 0 Å². The minimum Gasteiger partial charge on any atom is -0.299 e. The van der Waals surface area contributed by atoms with Crippen molar-refractivity contribution in [1.29, 1.82) is 0 Å². The van der Waals surface area contributed by atoms with Crippen molar-refractivity contribution in [2.45, 2.75) is 42.9 Å². The van der Waals surface area contributed by atoms with E-state index >= 15 is 0 Å². The topological polar surface area (TPSA) is 68.3 Å². The number of fused-ring (bicyclic) bond motifs is 1. The highest BCUT2D eigenvalue weighted by atomic mass is 35.5. The summed E-state index contributed by atoms with van der Waals surface area (Å²) in [5.41, 5.74) is 1.81. The van der Waals surface area contributed by atoms with E-state index in [2.05, 4.69) is 0 Å². The van der Waals surface area contributed by atoms with E-state index in [4.69, 9.17) is 11.6 Å². The fourth-order valence-electron chi connectivity index (χ4n) is 3.42. The van der Waals surface area contributed by atoms with Gasteiger partial charge in [0, 0.05) is 12.0 Å². The molecule has 0 spiro atoms. The molecule has 2 aliphatic rings. The van der Waals surface area contributed by atoms with Crippen LogP contribution in [-0.4, -0.2) is 31.1 Å². The second kappa shape index (κ2) is 5.46. The van der Waals surface area contributed by atoms with Crippen molar-refractivity contribution in [2.24, 2.45) is 5.92 Å². The number of carbonyl (C=O) groups is 2. The van der Waals surface area contributed by atoms with E-state index in [1.165, 1.54) is 12.1 Å². The molecule has 2 unspecified atom stereocenters. The van der Waals surface area contributed by atoms with Gasteiger partial charge in [-0.15, -0.1) is 11.6 Å². The Morgan fingerprint density at radius 2 is 2.00 bits per heavy atom. The van der Waals surface area contributed by atoms with Crippen LogP contribution >= 0.6 is 11.6 Å². The summed E-state index contributed by atoms with van der Waals surface area (Å²) in [6, 6.07) is 3.03. The standard InChI is InChI=1S/C16H17ClO4S/c1-9-10-7-8-22(20,21)14(10)6-5-11(9)16(19)15-12(17)3-2-4-13(15)18/h5-6,12,15H,2-4,7-8H2,1H3. The van der Waals surface area contributed by atoms with Crippen molar-refractivity contribution in [3.63, 3.8) is 0 Å². The zero-order valence-corrected chi connectivity index (χ0v) is 13.8. The minimum absolute atomic E-state index is 0.0846. The van der Waals surface area contributed by atoms with Gasteiger partial charge in [-0.1, -0.05) is 0 Å². The fraction of sp³-hybridized carbons (Fsp3) is 0.500. The van der Waals surface area contributed by atoms with E-state index in [1.807, 2.05) is 0 Å². The molecule has 2 atom stereocenters. The maximum atomic E-state index is 12.7. The van der Waals surface area contributed by atoms with Crippen molar-refractivity contribution in [2.75, 3.05) is 5.75 Å². The Morgan fingerprint density at radius 1 is 1.27 bits per heavy atom. The van der Waals surface area contributed by atoms with Crippen LogP contribution in [0.25, 0.3) is 0 Å². The molecule has 1 fully saturated rings. The lowest BCUT2D eigenvalue weighted by molar-refractivity contribution is -0.122. The Morgan fingerprint density at radius 3 is 2.68 bits per heavy atom. The van der Waals surface area contributed by atoms with E-state index in [9.17, 15) is 18.0 Å². The predicted molar refractivity (Wildman–Crippen MR) is 83.3 cm³/mol. The molecular weight excluding hydrogens is 324 g/mol. The molecule has 22 heavy (non-hydrogen) atoms. The second-order valence-electron chi connectivity index (χ2n) is 6.00. The highest BCUT2D eigenvalue weighted by Crippen LogP contribution is 2.34. The van der Waals surface area contributed by atoms with Crippen molar-refractivity contribution in [3.05, 3.63) is 28.8 Å². The molecule has 0 bridgehead atoms. The third-order valence-corrected chi connectivity index (χ3v) is 6.94. The van der Waals surface area contributed by atoms with Crippen LogP contribution in [-0.2, 0) is 21.1 Å². The zero-order valence-electron chi connectivity index (χ0n) is 12.3. The normalized spacial score (nSPS) is 26.7. The van der Waals surface area contributed by atoms with Crippen LogP contribution in [0.1, 0.15) is 40.7 Å². The number of hydrogen-bond acceptors (Lipinski definition) is 4. The first-order valence-corrected chi connectivity index (χ1v) is 9.48. The molecular formula is C16H17ClO4S. The smallest absolute Gasteiger partial charge is 0.178 e. The van der Waals surface area contributed by atoms with Gasteiger partial charge in [-0.3, -0.25) is 9.59 Å². The summed E-state index contributed by atoms with van der Waals surface area (Å²) < 4.78 is 23.9. The summed E-state index contributed by atoms with van der Waals surface area (Å²) in [5, 5.41) is -0.467. The Bertz CT molecular complexity index is 767. The quantitative estimate of drug-likeness (QED) is 0.471. The van der Waals surface area contributed by atoms with Crippen LogP contribution in [0, 0.1) is 12.8 Å². The van der Waals surface area contributed by atoms with Crippen LogP contribution in [0.15, 0.2) is 17.0 Å². The maximum absolute atomic E-state index is 12.7. The second-order valence-corrected chi connectivity index (χ2v) is 8.64. The molecule has 1 aromatic carbocycles. The van der Waals surface area contributed by atoms with Gasteiger partial charge < -0.3 is 0 Å². The fourth-order valence-corrected chi connectivity index (χ4v) is 5.43. The third-order valence-electron chi connectivity index (χ3n) is 4.67. The van der Waals surface area contributed by atoms with Crippen LogP contribution in [0.4, 0.5) is 0 Å². The first-order chi connectivity index (χ1) is 10.3. The number of hydrogen-bond donors (Lipinski definition) is 0. The molecule has 0 aromatic heterocycles. The Labute approximate surface area is 134 Å². The molecule has 1 aromatic rings. The molecule has 4 nitrogen and oxygen atoms in total. The van der Waals surface area contributed by atoms with E-state index in [0.717, 1.165) is 6.42 Å². The summed E-state index contributed by atoms with van der Waals surface area (Å²) >= 11 is 6.20. The Balaban J connectivity index is 2.03. The van der Waals surface area contributed by atoms with Gasteiger partial charge in [0.1, 0.15) is 5.78 Å². The molecule has 0 saturated heterocycles. The van der Waals surface area contributed by atoms with Crippen molar-refractivity contribution < 1.29 is 18.0 Å². The number of benzene rings is 1. The van der Waals surface area contributed by atoms with Crippen LogP contribution in [0.2, 0.25) is 0 Å². The molecule has 6 heteroatoms. The lowest BCUT2D eigenvalue weighted by Crippen LogP contribution is -2.36. The van der Waals surface area contributed by atoms with E-state index < -0.39 is 21.1 Å². The average Bonchev–Trinajstić information content (AvgIpc) is 2.75. The van der Waals surface area contributed by atoms with Gasteiger partial charge in [0.15, 0.2) is 15.6 Å². The van der Waals surface area contributed by atoms with Gasteiger partial charge in [0.25, 0.3) is 0 Å². The molecule has 0 N–H and O–H groups in total. The van der Waals surface area contributed by atoms with Gasteiger partial charge in [0.2, 0.25) is 0 Å². The number of alkyl halides is 1. The first kappa shape index (κ1) is 15.7. The number of halogens is 1. The predicted octanol–water partition coefficient (Wildman–Crippen LogP) is 2.48. The van der Waals surface area contributed by atoms with Crippen molar-refractivity contribution in [1.82, 2.24) is 0 Å². The highest BCUT2D eigenvalue weighted by molar-refractivity contribution is 7.91. The van der Waals surface area contributed by atoms with Gasteiger partial charge in [0.05, 0.1) is 21.9 Å². The number of carbonyl (C=O) groups excluding carboxylic acids is 2. The first-order valence-electron chi connectivity index (χ1n) is 7.39. The third kappa shape index (κ3) is 2.40. The molecule has 1 saturated carbocycles. The van der Waals surface area contributed by atoms with E-state index in [1.54, 1.807) is 6.92 Å². The SMILES string of the molecule is Cc1c(C(=O)C2C(=O)CCCC2Cl)ccc2c1CCS2(=O)=O. The Kier molecular flexibility index (Phi) is 3.89. The zero-order chi connectivity index (χ0) is 16.1. The molecule has 0 radical (unpaired) electrons. The minimum atomic E-state index is -3.22. The highest BCUT2D eigenvalue weighted by Gasteiger charge is 2.38. The number of sulfone groups is 1. The molecule has 1 aliphatic carbocycles. The number of Topliss-reactive ketones (excluding diaryl/α,β-unsaturated/α-hetero) is 2. The summed E-state index contributed by atoms with van der Waals surface area (Å²) in [6.07, 6.45) is 2.19. The monoisotopic (exact) mass is 340 g/mol. The molecule has 1 aliphatic heterocycles. The van der Waals surface area contributed by atoms with E-state index in [-0.39, 0.29) is 17.3 Å². The summed E-state index contributed by atoms with van der Waals surface area (Å²) in [4.78, 5) is 25.1. The number of ketones is 2. The summed E-state index contributed by atoms with van der Waals surface area (Å²) in [5.74, 6) is -1.09. The molecule has 1 heterocycles. The van der Waals surface area contributed by atoms with Gasteiger partial charge >= 0.3 is 0 Å². The van der Waals surface area contributed by atoms with Gasteiger partial charge in [-0.25, -0.2) is 8.42 Å². The average molecular weight is 341 g/mol. The van der Waals surface area contributed by atoms with Gasteiger partial charge in [-0.2, -0.15) is 0 Å². The van der Waals surface area contributed by atoms with Crippen molar-refractivity contribution >= 4 is 33.0 Å². The maximum Gasteiger partial charge on any atom is 0.178 e. The molecule has 118 valence electrons. The van der Waals surface area contributed by atoms with Gasteiger partial charge in [-0.05, 0) is 49.4 Å². The summed E-state index contributed by atoms with van der Waals surface area (Å²) in [7, 11) is -3.22. The summed E-state index contributed by atoms with van der Waals surface area (Å²) in [6.45, 7) is 1.75. The number of rotatable bonds is 2. The Hall–Kier alpha value is -1.20. The van der Waals surface area contributed by atoms with Crippen LogP contribution in [0.5, 0.6) is 0 Å². The van der Waals surface area contributed by atoms with E-state index in [0.29, 0.717) is 40.8 Å². The van der Waals surface area contributed by atoms with Crippen molar-refractivity contribution in [3.8, 4) is 0 Å². The molecule has 0 amide bonds. The lowest BCUT2D eigenvalue weighted by Gasteiger charge is -2.25. The largest absolute Gasteiger partial charge is 0.299 e.